The van der Waals surface area contributed by atoms with Gasteiger partial charge >= 0.3 is 0 Å². The van der Waals surface area contributed by atoms with Gasteiger partial charge in [-0.25, -0.2) is 0 Å². The number of nitrogens with two attached hydrogens (primary N) is 1. The van der Waals surface area contributed by atoms with E-state index in [0.717, 1.165) is 5.56 Å². The minimum absolute atomic E-state index is 0.222. The van der Waals surface area contributed by atoms with E-state index in [9.17, 15) is 5.11 Å². The minimum atomic E-state index is -0.407. The van der Waals surface area contributed by atoms with Crippen LogP contribution in [0.5, 0.6) is 5.75 Å². The molecular weight excluding hydrogens is 258 g/mol. The van der Waals surface area contributed by atoms with Crippen LogP contribution >= 0.6 is 0 Å². The molecule has 0 unspecified atom stereocenters. The Hall–Kier alpha value is -2.60. The van der Waals surface area contributed by atoms with Crippen LogP contribution < -0.4 is 5.73 Å². The van der Waals surface area contributed by atoms with Crippen LogP contribution in [0.25, 0.3) is 11.6 Å². The van der Waals surface area contributed by atoms with Crippen LogP contribution in [0.2, 0.25) is 0 Å². The second-order valence-corrected chi connectivity index (χ2v) is 4.41. The Balaban J connectivity index is 1.74. The largest absolute Gasteiger partial charge is 0.508 e. The summed E-state index contributed by atoms with van der Waals surface area (Å²) in [5.41, 5.74) is 7.02. The molecule has 0 amide bonds. The predicted molar refractivity (Wildman–Crippen MR) is 70.7 cm³/mol. The van der Waals surface area contributed by atoms with Crippen molar-refractivity contribution < 1.29 is 14.0 Å². The molecule has 0 spiro atoms. The second-order valence-electron chi connectivity index (χ2n) is 4.41. The van der Waals surface area contributed by atoms with E-state index < -0.39 is 6.04 Å². The van der Waals surface area contributed by atoms with Crippen molar-refractivity contribution in [2.24, 2.45) is 5.73 Å². The summed E-state index contributed by atoms with van der Waals surface area (Å²) < 4.78 is 10.3. The van der Waals surface area contributed by atoms with E-state index in [1.807, 2.05) is 0 Å². The number of benzene rings is 1. The van der Waals surface area contributed by atoms with Gasteiger partial charge in [0.15, 0.2) is 5.76 Å². The van der Waals surface area contributed by atoms with Gasteiger partial charge in [0.1, 0.15) is 5.75 Å². The van der Waals surface area contributed by atoms with Crippen LogP contribution in [0.4, 0.5) is 0 Å². The number of hydrogen-bond donors (Lipinski definition) is 2. The molecule has 0 saturated carbocycles. The van der Waals surface area contributed by atoms with E-state index >= 15 is 0 Å². The Morgan fingerprint density at radius 2 is 2.00 bits per heavy atom. The van der Waals surface area contributed by atoms with Gasteiger partial charge in [0.05, 0.1) is 12.3 Å². The number of rotatable bonds is 4. The molecule has 3 rings (SSSR count). The molecule has 0 fully saturated rings. The van der Waals surface area contributed by atoms with Crippen LogP contribution in [0.1, 0.15) is 17.5 Å². The molecule has 3 N–H and O–H groups in total. The first-order valence-corrected chi connectivity index (χ1v) is 6.13. The fraction of sp³-hybridized carbons (Fsp3) is 0.143. The minimum Gasteiger partial charge on any atom is -0.508 e. The molecule has 3 aromatic rings. The number of aromatic nitrogens is 2. The lowest BCUT2D eigenvalue weighted by Crippen LogP contribution is -2.13. The zero-order chi connectivity index (χ0) is 13.9. The SMILES string of the molecule is N[C@@H](Cc1ccc(O)cc1)c1nc(-c2ccco2)no1. The van der Waals surface area contributed by atoms with E-state index in [-0.39, 0.29) is 5.75 Å². The van der Waals surface area contributed by atoms with E-state index in [4.69, 9.17) is 14.7 Å². The summed E-state index contributed by atoms with van der Waals surface area (Å²) in [6.07, 6.45) is 2.09. The van der Waals surface area contributed by atoms with Crippen molar-refractivity contribution in [1.29, 1.82) is 0 Å². The third kappa shape index (κ3) is 2.55. The molecule has 0 aliphatic heterocycles. The molecule has 1 aromatic carbocycles. The zero-order valence-corrected chi connectivity index (χ0v) is 10.6. The fourth-order valence-corrected chi connectivity index (χ4v) is 1.86. The smallest absolute Gasteiger partial charge is 0.244 e. The summed E-state index contributed by atoms with van der Waals surface area (Å²) in [5, 5.41) is 13.1. The second kappa shape index (κ2) is 5.18. The quantitative estimate of drug-likeness (QED) is 0.755. The van der Waals surface area contributed by atoms with E-state index in [1.54, 1.807) is 42.7 Å². The Morgan fingerprint density at radius 1 is 1.20 bits per heavy atom. The number of nitrogens with zero attached hydrogens (tertiary/aromatic N) is 2. The first kappa shape index (κ1) is 12.4. The maximum atomic E-state index is 9.23. The number of hydrogen-bond acceptors (Lipinski definition) is 6. The van der Waals surface area contributed by atoms with Crippen molar-refractivity contribution in [3.8, 4) is 17.3 Å². The molecule has 20 heavy (non-hydrogen) atoms. The first-order chi connectivity index (χ1) is 9.72. The third-order valence-corrected chi connectivity index (χ3v) is 2.89. The molecule has 6 nitrogen and oxygen atoms in total. The number of phenolic OH excluding ortho intramolecular Hbond substituents is 1. The van der Waals surface area contributed by atoms with Crippen molar-refractivity contribution in [2.45, 2.75) is 12.5 Å². The Labute approximate surface area is 114 Å². The van der Waals surface area contributed by atoms with Gasteiger partial charge in [0.25, 0.3) is 0 Å². The van der Waals surface area contributed by atoms with Crippen molar-refractivity contribution in [3.63, 3.8) is 0 Å². The van der Waals surface area contributed by atoms with E-state index in [2.05, 4.69) is 10.1 Å². The normalized spacial score (nSPS) is 12.4. The van der Waals surface area contributed by atoms with Gasteiger partial charge < -0.3 is 19.8 Å². The zero-order valence-electron chi connectivity index (χ0n) is 10.6. The van der Waals surface area contributed by atoms with Crippen LogP contribution in [-0.2, 0) is 6.42 Å². The average molecular weight is 271 g/mol. The molecule has 0 aliphatic carbocycles. The van der Waals surface area contributed by atoms with Crippen LogP contribution in [0.15, 0.2) is 51.6 Å². The lowest BCUT2D eigenvalue weighted by atomic mass is 10.1. The maximum Gasteiger partial charge on any atom is 0.244 e. The summed E-state index contributed by atoms with van der Waals surface area (Å²) in [7, 11) is 0. The maximum absolute atomic E-state index is 9.23. The molecule has 0 bridgehead atoms. The number of aromatic hydroxyl groups is 1. The van der Waals surface area contributed by atoms with Gasteiger partial charge in [-0.2, -0.15) is 4.98 Å². The number of phenols is 1. The predicted octanol–water partition coefficient (Wildman–Crippen LogP) is 2.28. The van der Waals surface area contributed by atoms with Crippen LogP contribution in [0.3, 0.4) is 0 Å². The van der Waals surface area contributed by atoms with Gasteiger partial charge in [-0.3, -0.25) is 0 Å². The van der Waals surface area contributed by atoms with Crippen molar-refractivity contribution in [3.05, 3.63) is 54.1 Å². The molecular formula is C14H13N3O3. The molecule has 6 heteroatoms. The average Bonchev–Trinajstić information content (AvgIpc) is 3.11. The fourth-order valence-electron chi connectivity index (χ4n) is 1.86. The lowest BCUT2D eigenvalue weighted by molar-refractivity contribution is 0.353. The van der Waals surface area contributed by atoms with Gasteiger partial charge in [-0.05, 0) is 36.2 Å². The van der Waals surface area contributed by atoms with Gasteiger partial charge in [0, 0.05) is 0 Å². The lowest BCUT2D eigenvalue weighted by Gasteiger charge is -2.06. The highest BCUT2D eigenvalue weighted by atomic mass is 16.5. The number of furan rings is 1. The van der Waals surface area contributed by atoms with Crippen molar-refractivity contribution >= 4 is 0 Å². The van der Waals surface area contributed by atoms with Crippen molar-refractivity contribution in [2.75, 3.05) is 0 Å². The van der Waals surface area contributed by atoms with Gasteiger partial charge in [-0.15, -0.1) is 0 Å². The highest BCUT2D eigenvalue weighted by molar-refractivity contribution is 5.44. The summed E-state index contributed by atoms with van der Waals surface area (Å²) in [5.74, 6) is 1.49. The summed E-state index contributed by atoms with van der Waals surface area (Å²) in [6.45, 7) is 0. The summed E-state index contributed by atoms with van der Waals surface area (Å²) in [6, 6.07) is 9.93. The summed E-state index contributed by atoms with van der Waals surface area (Å²) >= 11 is 0. The molecule has 0 saturated heterocycles. The molecule has 102 valence electrons. The monoisotopic (exact) mass is 271 g/mol. The highest BCUT2D eigenvalue weighted by Gasteiger charge is 2.17. The van der Waals surface area contributed by atoms with Gasteiger partial charge in [-0.1, -0.05) is 17.3 Å². The Kier molecular flexibility index (Phi) is 3.22. The van der Waals surface area contributed by atoms with E-state index in [1.165, 1.54) is 0 Å². The molecule has 0 aliphatic rings. The van der Waals surface area contributed by atoms with Gasteiger partial charge in [0.2, 0.25) is 11.7 Å². The Morgan fingerprint density at radius 3 is 2.70 bits per heavy atom. The molecule has 1 atom stereocenters. The molecule has 2 aromatic heterocycles. The van der Waals surface area contributed by atoms with Crippen molar-refractivity contribution in [1.82, 2.24) is 10.1 Å². The molecule has 2 heterocycles. The third-order valence-electron chi connectivity index (χ3n) is 2.89. The van der Waals surface area contributed by atoms with Crippen LogP contribution in [0, 0.1) is 0 Å². The standard InChI is InChI=1S/C14H13N3O3/c15-11(8-9-3-5-10(18)6-4-9)14-16-13(17-20-14)12-2-1-7-19-12/h1-7,11,18H,8,15H2/t11-/m0/s1. The topological polar surface area (TPSA) is 98.3 Å². The van der Waals surface area contributed by atoms with Crippen LogP contribution in [-0.4, -0.2) is 15.2 Å². The summed E-state index contributed by atoms with van der Waals surface area (Å²) in [4.78, 5) is 4.22. The highest BCUT2D eigenvalue weighted by Crippen LogP contribution is 2.20. The Bertz CT molecular complexity index is 674. The first-order valence-electron chi connectivity index (χ1n) is 6.13. The van der Waals surface area contributed by atoms with E-state index in [0.29, 0.717) is 23.9 Å². The molecule has 0 radical (unpaired) electrons.